The zero-order valence-corrected chi connectivity index (χ0v) is 11.2. The first kappa shape index (κ1) is 15.2. The zero-order valence-electron chi connectivity index (χ0n) is 10.4. The minimum atomic E-state index is -3.55. The van der Waals surface area contributed by atoms with Crippen molar-refractivity contribution in [2.45, 2.75) is 12.7 Å². The van der Waals surface area contributed by atoms with Crippen LogP contribution < -0.4 is 5.73 Å². The third kappa shape index (κ3) is 4.70. The normalized spacial score (nSPS) is 12.9. The number of carbonyl (C=O) groups excluding carboxylic acids is 1. The lowest BCUT2D eigenvalue weighted by atomic mass is 10.1. The summed E-state index contributed by atoms with van der Waals surface area (Å²) >= 11 is 0. The molecule has 0 saturated heterocycles. The summed E-state index contributed by atoms with van der Waals surface area (Å²) in [5, 5.41) is 8.70. The molecule has 0 heterocycles. The van der Waals surface area contributed by atoms with E-state index in [1.54, 1.807) is 6.07 Å². The fourth-order valence-electron chi connectivity index (χ4n) is 1.58. The SMILES string of the molecule is CC(CS(=O)(=O)Cc1cccc(C(N)=O)c1)C(=O)O. The van der Waals surface area contributed by atoms with E-state index in [0.29, 0.717) is 5.56 Å². The maximum atomic E-state index is 11.8. The van der Waals surface area contributed by atoms with Crippen LogP contribution in [-0.2, 0) is 20.4 Å². The first-order valence-electron chi connectivity index (χ1n) is 5.53. The second kappa shape index (κ2) is 5.83. The van der Waals surface area contributed by atoms with Gasteiger partial charge in [0.15, 0.2) is 9.84 Å². The smallest absolute Gasteiger partial charge is 0.307 e. The van der Waals surface area contributed by atoms with Crippen LogP contribution in [-0.4, -0.2) is 31.2 Å². The lowest BCUT2D eigenvalue weighted by molar-refractivity contribution is -0.140. The maximum Gasteiger partial charge on any atom is 0.307 e. The van der Waals surface area contributed by atoms with Crippen LogP contribution in [0.1, 0.15) is 22.8 Å². The lowest BCUT2D eigenvalue weighted by Crippen LogP contribution is -2.22. The van der Waals surface area contributed by atoms with Crippen LogP contribution >= 0.6 is 0 Å². The molecule has 0 aromatic heterocycles. The molecule has 0 radical (unpaired) electrons. The van der Waals surface area contributed by atoms with E-state index < -0.39 is 33.4 Å². The Bertz CT molecular complexity index is 594. The van der Waals surface area contributed by atoms with Gasteiger partial charge in [-0.3, -0.25) is 9.59 Å². The Morgan fingerprint density at radius 1 is 1.37 bits per heavy atom. The molecule has 0 fully saturated rings. The first-order valence-corrected chi connectivity index (χ1v) is 7.35. The minimum Gasteiger partial charge on any atom is -0.481 e. The quantitative estimate of drug-likeness (QED) is 0.786. The van der Waals surface area contributed by atoms with Gasteiger partial charge in [-0.25, -0.2) is 8.42 Å². The fraction of sp³-hybridized carbons (Fsp3) is 0.333. The molecule has 1 atom stereocenters. The summed E-state index contributed by atoms with van der Waals surface area (Å²) in [6, 6.07) is 5.96. The third-order valence-electron chi connectivity index (χ3n) is 2.52. The van der Waals surface area contributed by atoms with Crippen molar-refractivity contribution in [3.63, 3.8) is 0 Å². The van der Waals surface area contributed by atoms with Crippen LogP contribution in [0.5, 0.6) is 0 Å². The summed E-state index contributed by atoms with van der Waals surface area (Å²) in [5.74, 6) is -3.52. The van der Waals surface area contributed by atoms with E-state index in [2.05, 4.69) is 0 Å². The molecule has 19 heavy (non-hydrogen) atoms. The van der Waals surface area contributed by atoms with Crippen molar-refractivity contribution in [3.8, 4) is 0 Å². The minimum absolute atomic E-state index is 0.221. The number of hydrogen-bond acceptors (Lipinski definition) is 4. The summed E-state index contributed by atoms with van der Waals surface area (Å²) in [7, 11) is -3.55. The number of hydrogen-bond donors (Lipinski definition) is 2. The number of amides is 1. The van der Waals surface area contributed by atoms with Crippen molar-refractivity contribution in [1.29, 1.82) is 0 Å². The Labute approximate surface area is 111 Å². The van der Waals surface area contributed by atoms with Crippen LogP contribution in [0.3, 0.4) is 0 Å². The number of nitrogens with two attached hydrogens (primary N) is 1. The number of carbonyl (C=O) groups is 2. The molecule has 3 N–H and O–H groups in total. The van der Waals surface area contributed by atoms with Gasteiger partial charge in [0.1, 0.15) is 0 Å². The Hall–Kier alpha value is -1.89. The summed E-state index contributed by atoms with van der Waals surface area (Å²) in [6.07, 6.45) is 0. The van der Waals surface area contributed by atoms with Crippen molar-refractivity contribution in [3.05, 3.63) is 35.4 Å². The van der Waals surface area contributed by atoms with E-state index >= 15 is 0 Å². The van der Waals surface area contributed by atoms with Crippen LogP contribution in [0.15, 0.2) is 24.3 Å². The Balaban J connectivity index is 2.87. The molecule has 1 aromatic rings. The fourth-order valence-corrected chi connectivity index (χ4v) is 3.29. The Morgan fingerprint density at radius 3 is 2.53 bits per heavy atom. The van der Waals surface area contributed by atoms with Crippen LogP contribution in [0.2, 0.25) is 0 Å². The van der Waals surface area contributed by atoms with Gasteiger partial charge in [-0.1, -0.05) is 19.1 Å². The highest BCUT2D eigenvalue weighted by atomic mass is 32.2. The monoisotopic (exact) mass is 285 g/mol. The molecule has 0 aliphatic heterocycles. The van der Waals surface area contributed by atoms with Crippen LogP contribution in [0, 0.1) is 5.92 Å². The third-order valence-corrected chi connectivity index (χ3v) is 4.30. The molecule has 1 rings (SSSR count). The molecular weight excluding hydrogens is 270 g/mol. The van der Waals surface area contributed by atoms with Crippen molar-refractivity contribution in [2.24, 2.45) is 11.7 Å². The molecule has 6 nitrogen and oxygen atoms in total. The molecule has 0 saturated carbocycles. The number of primary amides is 1. The summed E-state index contributed by atoms with van der Waals surface area (Å²) in [4.78, 5) is 21.6. The van der Waals surface area contributed by atoms with E-state index in [4.69, 9.17) is 10.8 Å². The van der Waals surface area contributed by atoms with Gasteiger partial charge < -0.3 is 10.8 Å². The standard InChI is InChI=1S/C12H15NO5S/c1-8(12(15)16)6-19(17,18)7-9-3-2-4-10(5-9)11(13)14/h2-5,8H,6-7H2,1H3,(H2,13,14)(H,15,16). The second-order valence-corrected chi connectivity index (χ2v) is 6.47. The van der Waals surface area contributed by atoms with Crippen molar-refractivity contribution in [2.75, 3.05) is 5.75 Å². The van der Waals surface area contributed by atoms with E-state index in [1.165, 1.54) is 25.1 Å². The molecule has 0 spiro atoms. The maximum absolute atomic E-state index is 11.8. The highest BCUT2D eigenvalue weighted by Gasteiger charge is 2.21. The number of carboxylic acid groups (broad SMARTS) is 1. The van der Waals surface area contributed by atoms with Crippen molar-refractivity contribution >= 4 is 21.7 Å². The predicted octanol–water partition coefficient (Wildman–Crippen LogP) is 0.421. The largest absolute Gasteiger partial charge is 0.481 e. The Kier molecular flexibility index (Phi) is 4.66. The zero-order chi connectivity index (χ0) is 14.6. The van der Waals surface area contributed by atoms with E-state index in [9.17, 15) is 18.0 Å². The second-order valence-electron chi connectivity index (χ2n) is 4.36. The molecule has 0 aliphatic rings. The highest BCUT2D eigenvalue weighted by Crippen LogP contribution is 2.12. The number of sulfone groups is 1. The lowest BCUT2D eigenvalue weighted by Gasteiger charge is -2.08. The molecule has 0 bridgehead atoms. The van der Waals surface area contributed by atoms with E-state index in [0.717, 1.165) is 0 Å². The van der Waals surface area contributed by atoms with Gasteiger partial charge in [-0.05, 0) is 17.7 Å². The average Bonchev–Trinajstić information content (AvgIpc) is 2.27. The van der Waals surface area contributed by atoms with Gasteiger partial charge in [-0.15, -0.1) is 0 Å². The van der Waals surface area contributed by atoms with E-state index in [1.807, 2.05) is 0 Å². The van der Waals surface area contributed by atoms with Crippen molar-refractivity contribution in [1.82, 2.24) is 0 Å². The van der Waals surface area contributed by atoms with Crippen molar-refractivity contribution < 1.29 is 23.1 Å². The number of carboxylic acids is 1. The molecule has 1 aromatic carbocycles. The molecule has 104 valence electrons. The van der Waals surface area contributed by atoms with Gasteiger partial charge in [0.2, 0.25) is 5.91 Å². The number of benzene rings is 1. The van der Waals surface area contributed by atoms with Gasteiger partial charge in [0.25, 0.3) is 0 Å². The topological polar surface area (TPSA) is 115 Å². The summed E-state index contributed by atoms with van der Waals surface area (Å²) in [5.41, 5.74) is 5.73. The van der Waals surface area contributed by atoms with Gasteiger partial charge in [-0.2, -0.15) is 0 Å². The van der Waals surface area contributed by atoms with Gasteiger partial charge >= 0.3 is 5.97 Å². The van der Waals surface area contributed by atoms with Gasteiger partial charge in [0.05, 0.1) is 17.4 Å². The first-order chi connectivity index (χ1) is 8.71. The van der Waals surface area contributed by atoms with E-state index in [-0.39, 0.29) is 11.3 Å². The summed E-state index contributed by atoms with van der Waals surface area (Å²) in [6.45, 7) is 1.33. The molecular formula is C12H15NO5S. The highest BCUT2D eigenvalue weighted by molar-refractivity contribution is 7.90. The number of rotatable bonds is 6. The average molecular weight is 285 g/mol. The molecule has 7 heteroatoms. The van der Waals surface area contributed by atoms with Crippen LogP contribution in [0.25, 0.3) is 0 Å². The van der Waals surface area contributed by atoms with Crippen LogP contribution in [0.4, 0.5) is 0 Å². The molecule has 0 aliphatic carbocycles. The molecule has 1 unspecified atom stereocenters. The summed E-state index contributed by atoms with van der Waals surface area (Å²) < 4.78 is 23.6. The predicted molar refractivity (Wildman–Crippen MR) is 69.3 cm³/mol. The Morgan fingerprint density at radius 2 is 2.00 bits per heavy atom. The van der Waals surface area contributed by atoms with Gasteiger partial charge in [0, 0.05) is 5.56 Å². The molecule has 1 amide bonds. The number of aliphatic carboxylic acids is 1.